The molecule has 0 unspecified atom stereocenters. The summed E-state index contributed by atoms with van der Waals surface area (Å²) in [6.07, 6.45) is 0. The van der Waals surface area contributed by atoms with Crippen LogP contribution in [0.2, 0.25) is 0 Å². The van der Waals surface area contributed by atoms with E-state index in [9.17, 15) is 0 Å². The Bertz CT molecular complexity index is 4.14. The molecule has 0 fully saturated rings. The van der Waals surface area contributed by atoms with Crippen molar-refractivity contribution in [2.45, 2.75) is 0 Å². The summed E-state index contributed by atoms with van der Waals surface area (Å²) >= 11 is 0. The van der Waals surface area contributed by atoms with Crippen molar-refractivity contribution in [1.29, 1.82) is 0 Å². The molecule has 0 aliphatic carbocycles. The summed E-state index contributed by atoms with van der Waals surface area (Å²) in [5.41, 5.74) is 0. The Hall–Kier alpha value is 0.240. The molecule has 0 atom stereocenters. The molecule has 12 N–H and O–H groups in total. The highest BCUT2D eigenvalue weighted by atomic mass is 79.9. The zero-order valence-corrected chi connectivity index (χ0v) is 4.96. The average molecular weight is 188 g/mol. The van der Waals surface area contributed by atoms with Gasteiger partial charge in [0.05, 0.1) is 0 Å². The van der Waals surface area contributed by atoms with Gasteiger partial charge in [-0.3, -0.25) is 0 Å². The van der Waals surface area contributed by atoms with Crippen molar-refractivity contribution < 1.29 is 49.8 Å². The molecule has 0 saturated carbocycles. The monoisotopic (exact) mass is 187 g/mol. The van der Waals surface area contributed by atoms with E-state index in [-0.39, 0.29) is 49.8 Å². The second-order valence-electron chi connectivity index (χ2n) is 0. The normalized spacial score (nSPS) is 0. The highest BCUT2D eigenvalue weighted by Crippen LogP contribution is -0.284. The van der Waals surface area contributed by atoms with Crippen LogP contribution >= 0.6 is 0 Å². The third-order valence-electron chi connectivity index (χ3n) is 0. The van der Waals surface area contributed by atoms with Gasteiger partial charge >= 0.3 is 0 Å². The van der Waals surface area contributed by atoms with Gasteiger partial charge in [0.25, 0.3) is 0 Å². The third kappa shape index (κ3) is 1950. The lowest BCUT2D eigenvalue weighted by atomic mass is 16.0. The van der Waals surface area contributed by atoms with E-state index >= 15 is 0 Å². The van der Waals surface area contributed by atoms with Gasteiger partial charge in [-0.25, -0.2) is 0 Å². The van der Waals surface area contributed by atoms with Gasteiger partial charge in [0.2, 0.25) is 0 Å². The maximum Gasteiger partial charge on any atom is -0.412 e. The molecule has 0 rings (SSSR count). The summed E-state index contributed by atoms with van der Waals surface area (Å²) in [5.74, 6) is 0. The van der Waals surface area contributed by atoms with Crippen LogP contribution in [-0.2, 0) is 0 Å². The van der Waals surface area contributed by atoms with Crippen LogP contribution in [-0.4, -0.2) is 32.9 Å². The van der Waals surface area contributed by atoms with Crippen molar-refractivity contribution in [1.82, 2.24) is 0 Å². The van der Waals surface area contributed by atoms with Crippen molar-refractivity contribution >= 4 is 0 Å². The number of rotatable bonds is 0. The number of hydrogen-bond donors (Lipinski definition) is 0. The van der Waals surface area contributed by atoms with Crippen LogP contribution in [0.15, 0.2) is 0 Å². The summed E-state index contributed by atoms with van der Waals surface area (Å²) in [5, 5.41) is 0. The van der Waals surface area contributed by atoms with Crippen molar-refractivity contribution in [2.75, 3.05) is 0 Å². The maximum absolute atomic E-state index is 0. The summed E-state index contributed by atoms with van der Waals surface area (Å²) in [6, 6.07) is 0. The van der Waals surface area contributed by atoms with Gasteiger partial charge in [0.1, 0.15) is 0 Å². The number of hydrogen-bond acceptors (Lipinski definition) is 0. The van der Waals surface area contributed by atoms with E-state index < -0.39 is 0 Å². The van der Waals surface area contributed by atoms with Gasteiger partial charge in [-0.05, 0) is 0 Å². The SMILES string of the molecule is O.O.O.O.O.O.[Br-]. The molecule has 6 nitrogen and oxygen atoms in total. The van der Waals surface area contributed by atoms with Crippen molar-refractivity contribution in [3.8, 4) is 0 Å². The van der Waals surface area contributed by atoms with Gasteiger partial charge in [-0.2, -0.15) is 0 Å². The van der Waals surface area contributed by atoms with E-state index in [4.69, 9.17) is 0 Å². The van der Waals surface area contributed by atoms with E-state index in [1.165, 1.54) is 0 Å². The maximum atomic E-state index is 0. The van der Waals surface area contributed by atoms with Crippen molar-refractivity contribution in [3.63, 3.8) is 0 Å². The molecule has 0 aliphatic heterocycles. The molecule has 56 valence electrons. The molecule has 0 aromatic carbocycles. The topological polar surface area (TPSA) is 189 Å². The highest BCUT2D eigenvalue weighted by molar-refractivity contribution is 0.829. The van der Waals surface area contributed by atoms with Crippen LogP contribution in [0.5, 0.6) is 0 Å². The fourth-order valence-corrected chi connectivity index (χ4v) is 0. The quantitative estimate of drug-likeness (QED) is 0.349. The number of halogens is 1. The van der Waals surface area contributed by atoms with Gasteiger partial charge in [-0.15, -0.1) is 0 Å². The molecular weight excluding hydrogens is 176 g/mol. The Morgan fingerprint density at radius 2 is 0.286 bits per heavy atom. The first-order valence-corrected chi connectivity index (χ1v) is 0. The third-order valence-corrected chi connectivity index (χ3v) is 0. The molecular formula is H12BrO6-. The van der Waals surface area contributed by atoms with Crippen LogP contribution in [0.1, 0.15) is 0 Å². The summed E-state index contributed by atoms with van der Waals surface area (Å²) in [4.78, 5) is 0. The van der Waals surface area contributed by atoms with Crippen LogP contribution < -0.4 is 17.0 Å². The zero-order chi connectivity index (χ0) is 0. The Morgan fingerprint density at radius 1 is 0.286 bits per heavy atom. The second kappa shape index (κ2) is 2970. The standard InChI is InChI=1S/BrH.6H2O/h1H;6*1H2/p-1. The first-order valence-electron chi connectivity index (χ1n) is 0. The molecule has 0 aliphatic rings. The Kier molecular flexibility index (Phi) is 2080000. The van der Waals surface area contributed by atoms with E-state index in [0.29, 0.717) is 0 Å². The fourth-order valence-electron chi connectivity index (χ4n) is 0. The Labute approximate surface area is 50.8 Å². The average Bonchev–Trinajstić information content (AvgIpc) is 0. The van der Waals surface area contributed by atoms with E-state index in [1.807, 2.05) is 0 Å². The lowest BCUT2D eigenvalue weighted by Gasteiger charge is -1.00. The fraction of sp³-hybridized carbons (Fsp3) is 0. The van der Waals surface area contributed by atoms with E-state index in [0.717, 1.165) is 0 Å². The lowest BCUT2D eigenvalue weighted by molar-refractivity contribution is -0.00000724. The smallest absolute Gasteiger partial charge is 0.412 e. The molecule has 0 amide bonds. The zero-order valence-electron chi connectivity index (χ0n) is 3.38. The Morgan fingerprint density at radius 3 is 0.286 bits per heavy atom. The van der Waals surface area contributed by atoms with Crippen molar-refractivity contribution in [2.24, 2.45) is 0 Å². The largest absolute Gasteiger partial charge is 1.00 e. The second-order valence-corrected chi connectivity index (χ2v) is 0. The predicted molar refractivity (Wildman–Crippen MR) is 21.7 cm³/mol. The molecule has 0 spiro atoms. The molecule has 0 bridgehead atoms. The first kappa shape index (κ1) is 4890. The summed E-state index contributed by atoms with van der Waals surface area (Å²) < 4.78 is 0. The molecule has 7 heteroatoms. The molecule has 7 heavy (non-hydrogen) atoms. The van der Waals surface area contributed by atoms with Crippen LogP contribution in [0.3, 0.4) is 0 Å². The van der Waals surface area contributed by atoms with E-state index in [2.05, 4.69) is 0 Å². The van der Waals surface area contributed by atoms with Gasteiger partial charge in [0, 0.05) is 0 Å². The van der Waals surface area contributed by atoms with Gasteiger partial charge in [0.15, 0.2) is 0 Å². The molecule has 0 aromatic rings. The molecule has 0 radical (unpaired) electrons. The predicted octanol–water partition coefficient (Wildman–Crippen LogP) is -7.94. The van der Waals surface area contributed by atoms with Crippen LogP contribution in [0, 0.1) is 0 Å². The Balaban J connectivity index is 0. The highest BCUT2D eigenvalue weighted by Gasteiger charge is -0.406. The molecule has 0 aromatic heterocycles. The summed E-state index contributed by atoms with van der Waals surface area (Å²) in [7, 11) is 0. The lowest BCUT2D eigenvalue weighted by Crippen LogP contribution is -3.00. The molecule has 0 saturated heterocycles. The molecule has 0 heterocycles. The van der Waals surface area contributed by atoms with E-state index in [1.54, 1.807) is 0 Å². The minimum Gasteiger partial charge on any atom is -1.00 e. The summed E-state index contributed by atoms with van der Waals surface area (Å²) in [6.45, 7) is 0. The van der Waals surface area contributed by atoms with Crippen molar-refractivity contribution in [3.05, 3.63) is 0 Å². The van der Waals surface area contributed by atoms with Gasteiger partial charge in [-0.1, -0.05) is 0 Å². The van der Waals surface area contributed by atoms with Crippen LogP contribution in [0.25, 0.3) is 0 Å². The minimum absolute atomic E-state index is 0. The minimum atomic E-state index is 0. The van der Waals surface area contributed by atoms with Crippen LogP contribution in [0.4, 0.5) is 0 Å². The first-order chi connectivity index (χ1) is 0. The van der Waals surface area contributed by atoms with Gasteiger partial charge < -0.3 is 49.8 Å².